The van der Waals surface area contributed by atoms with Gasteiger partial charge in [0, 0.05) is 0 Å². The molecule has 4 rings (SSSR count). The van der Waals surface area contributed by atoms with Crippen LogP contribution in [0.15, 0.2) is 73.2 Å². The first-order chi connectivity index (χ1) is 13.2. The molecule has 0 unspecified atom stereocenters. The number of hydrogen-bond donors (Lipinski definition) is 1. The molecule has 0 atom stereocenters. The number of carbonyl (C=O) groups is 1. The number of rotatable bonds is 5. The second-order valence-electron chi connectivity index (χ2n) is 6.08. The number of pyridine rings is 1. The maximum atomic E-state index is 12.3. The van der Waals surface area contributed by atoms with E-state index >= 15 is 0 Å². The highest BCUT2D eigenvalue weighted by Gasteiger charge is 2.08. The highest BCUT2D eigenvalue weighted by molar-refractivity contribution is 5.92. The van der Waals surface area contributed by atoms with E-state index in [1.807, 2.05) is 65.2 Å². The molecule has 0 bridgehead atoms. The molecule has 6 nitrogen and oxygen atoms in total. The number of aromatic nitrogens is 3. The van der Waals surface area contributed by atoms with Gasteiger partial charge in [-0.1, -0.05) is 24.3 Å². The second-order valence-corrected chi connectivity index (χ2v) is 6.08. The van der Waals surface area contributed by atoms with E-state index in [0.29, 0.717) is 5.69 Å². The van der Waals surface area contributed by atoms with Gasteiger partial charge in [-0.15, -0.1) is 0 Å². The average molecular weight is 358 g/mol. The van der Waals surface area contributed by atoms with Crippen molar-refractivity contribution in [1.29, 1.82) is 0 Å². The number of nitrogens with one attached hydrogen (secondary N) is 1. The van der Waals surface area contributed by atoms with Crippen LogP contribution in [-0.4, -0.2) is 27.6 Å². The van der Waals surface area contributed by atoms with E-state index in [0.717, 1.165) is 28.2 Å². The minimum Gasteiger partial charge on any atom is -0.497 e. The molecule has 2 heterocycles. The van der Waals surface area contributed by atoms with E-state index in [9.17, 15) is 4.79 Å². The van der Waals surface area contributed by atoms with Gasteiger partial charge >= 0.3 is 0 Å². The molecule has 0 saturated heterocycles. The number of amides is 1. The van der Waals surface area contributed by atoms with Gasteiger partial charge in [0.25, 0.3) is 0 Å². The van der Waals surface area contributed by atoms with E-state index in [1.54, 1.807) is 19.6 Å². The summed E-state index contributed by atoms with van der Waals surface area (Å²) in [6.07, 6.45) is 3.66. The van der Waals surface area contributed by atoms with Gasteiger partial charge in [-0.05, 0) is 42.0 Å². The number of nitrogens with zero attached hydrogens (tertiary/aromatic N) is 3. The Bertz CT molecular complexity index is 1090. The zero-order chi connectivity index (χ0) is 18.6. The van der Waals surface area contributed by atoms with Crippen molar-refractivity contribution in [2.75, 3.05) is 12.4 Å². The highest BCUT2D eigenvalue weighted by atomic mass is 16.5. The Labute approximate surface area is 156 Å². The van der Waals surface area contributed by atoms with Gasteiger partial charge < -0.3 is 10.1 Å². The molecule has 0 aliphatic heterocycles. The van der Waals surface area contributed by atoms with Crippen LogP contribution in [0.3, 0.4) is 0 Å². The molecule has 4 aromatic rings. The lowest BCUT2D eigenvalue weighted by Crippen LogP contribution is -2.14. The van der Waals surface area contributed by atoms with Crippen molar-refractivity contribution in [2.24, 2.45) is 0 Å². The molecule has 0 radical (unpaired) electrons. The van der Waals surface area contributed by atoms with Crippen LogP contribution in [0.25, 0.3) is 16.9 Å². The van der Waals surface area contributed by atoms with Crippen molar-refractivity contribution in [2.45, 2.75) is 6.42 Å². The maximum Gasteiger partial charge on any atom is 0.228 e. The van der Waals surface area contributed by atoms with Crippen molar-refractivity contribution in [3.63, 3.8) is 0 Å². The number of anilines is 1. The maximum absolute atomic E-state index is 12.3. The Morgan fingerprint density at radius 1 is 1.07 bits per heavy atom. The fourth-order valence-electron chi connectivity index (χ4n) is 2.92. The van der Waals surface area contributed by atoms with E-state index in [4.69, 9.17) is 4.74 Å². The molecule has 2 aromatic heterocycles. The first kappa shape index (κ1) is 16.8. The van der Waals surface area contributed by atoms with Crippen molar-refractivity contribution >= 4 is 22.6 Å². The monoisotopic (exact) mass is 358 g/mol. The summed E-state index contributed by atoms with van der Waals surface area (Å²) in [5.41, 5.74) is 3.44. The van der Waals surface area contributed by atoms with Crippen LogP contribution in [0, 0.1) is 0 Å². The lowest BCUT2D eigenvalue weighted by atomic mass is 10.1. The van der Waals surface area contributed by atoms with Crippen molar-refractivity contribution in [3.8, 4) is 11.6 Å². The summed E-state index contributed by atoms with van der Waals surface area (Å²) in [7, 11) is 1.61. The topological polar surface area (TPSA) is 69.0 Å². The van der Waals surface area contributed by atoms with E-state index < -0.39 is 0 Å². The van der Waals surface area contributed by atoms with E-state index in [-0.39, 0.29) is 12.3 Å². The molecule has 0 fully saturated rings. The molecule has 2 aromatic carbocycles. The molecule has 1 amide bonds. The van der Waals surface area contributed by atoms with Crippen LogP contribution < -0.4 is 10.1 Å². The smallest absolute Gasteiger partial charge is 0.228 e. The van der Waals surface area contributed by atoms with Crippen molar-refractivity contribution < 1.29 is 9.53 Å². The first-order valence-electron chi connectivity index (χ1n) is 8.54. The normalized spacial score (nSPS) is 10.7. The van der Waals surface area contributed by atoms with Crippen molar-refractivity contribution in [1.82, 2.24) is 14.5 Å². The Kier molecular flexibility index (Phi) is 4.53. The molecule has 0 aliphatic rings. The number of ether oxygens (including phenoxy) is 1. The standard InChI is InChI=1S/C21H18N4O2/c1-27-17-6-4-5-15(11-17)12-21(26)24-16-9-10-20(22-13-16)25-14-23-18-7-2-3-8-19(18)25/h2-11,13-14H,12H2,1H3,(H,24,26). The lowest BCUT2D eigenvalue weighted by molar-refractivity contribution is -0.115. The highest BCUT2D eigenvalue weighted by Crippen LogP contribution is 2.18. The zero-order valence-electron chi connectivity index (χ0n) is 14.8. The largest absolute Gasteiger partial charge is 0.497 e. The van der Waals surface area contributed by atoms with Crippen LogP contribution in [-0.2, 0) is 11.2 Å². The van der Waals surface area contributed by atoms with E-state index in [1.165, 1.54) is 0 Å². The average Bonchev–Trinajstić information content (AvgIpc) is 3.13. The molecule has 0 spiro atoms. The SMILES string of the molecule is COc1cccc(CC(=O)Nc2ccc(-n3cnc4ccccc43)nc2)c1. The molecule has 27 heavy (non-hydrogen) atoms. The van der Waals surface area contributed by atoms with Crippen LogP contribution in [0.5, 0.6) is 5.75 Å². The summed E-state index contributed by atoms with van der Waals surface area (Å²) < 4.78 is 7.10. The second kappa shape index (κ2) is 7.29. The molecule has 0 aliphatic carbocycles. The summed E-state index contributed by atoms with van der Waals surface area (Å²) in [5.74, 6) is 1.37. The first-order valence-corrected chi connectivity index (χ1v) is 8.54. The Hall–Kier alpha value is -3.67. The Morgan fingerprint density at radius 3 is 2.78 bits per heavy atom. The predicted molar refractivity (Wildman–Crippen MR) is 104 cm³/mol. The number of methoxy groups -OCH3 is 1. The predicted octanol–water partition coefficient (Wildman–Crippen LogP) is 3.61. The number of benzene rings is 2. The minimum absolute atomic E-state index is 0.106. The van der Waals surface area contributed by atoms with Gasteiger partial charge in [0.15, 0.2) is 0 Å². The van der Waals surface area contributed by atoms with Crippen molar-refractivity contribution in [3.05, 3.63) is 78.8 Å². The Morgan fingerprint density at radius 2 is 1.96 bits per heavy atom. The number of imidazole rings is 1. The minimum atomic E-state index is -0.106. The third kappa shape index (κ3) is 3.64. The third-order valence-electron chi connectivity index (χ3n) is 4.23. The summed E-state index contributed by atoms with van der Waals surface area (Å²) in [6, 6.07) is 19.0. The van der Waals surface area contributed by atoms with Crippen LogP contribution >= 0.6 is 0 Å². The summed E-state index contributed by atoms with van der Waals surface area (Å²) in [6.45, 7) is 0. The van der Waals surface area contributed by atoms with Gasteiger partial charge in [0.1, 0.15) is 17.9 Å². The molecule has 0 saturated carbocycles. The fraction of sp³-hybridized carbons (Fsp3) is 0.0952. The van der Waals surface area contributed by atoms with Crippen LogP contribution in [0.2, 0.25) is 0 Å². The van der Waals surface area contributed by atoms with Gasteiger partial charge in [0.2, 0.25) is 5.91 Å². The lowest BCUT2D eigenvalue weighted by Gasteiger charge is -2.08. The van der Waals surface area contributed by atoms with Crippen LogP contribution in [0.4, 0.5) is 5.69 Å². The Balaban J connectivity index is 1.46. The number of hydrogen-bond acceptors (Lipinski definition) is 4. The quantitative estimate of drug-likeness (QED) is 0.592. The van der Waals surface area contributed by atoms with Gasteiger partial charge in [-0.2, -0.15) is 0 Å². The number of carbonyl (C=O) groups excluding carboxylic acids is 1. The van der Waals surface area contributed by atoms with Gasteiger partial charge in [-0.25, -0.2) is 9.97 Å². The van der Waals surface area contributed by atoms with Gasteiger partial charge in [0.05, 0.1) is 36.4 Å². The summed E-state index contributed by atoms with van der Waals surface area (Å²) in [5, 5.41) is 2.87. The number of fused-ring (bicyclic) bond motifs is 1. The third-order valence-corrected chi connectivity index (χ3v) is 4.23. The van der Waals surface area contributed by atoms with Crippen LogP contribution in [0.1, 0.15) is 5.56 Å². The zero-order valence-corrected chi connectivity index (χ0v) is 14.8. The molecular weight excluding hydrogens is 340 g/mol. The molecule has 6 heteroatoms. The summed E-state index contributed by atoms with van der Waals surface area (Å²) in [4.78, 5) is 21.1. The summed E-state index contributed by atoms with van der Waals surface area (Å²) >= 11 is 0. The fourth-order valence-corrected chi connectivity index (χ4v) is 2.92. The van der Waals surface area contributed by atoms with Gasteiger partial charge in [-0.3, -0.25) is 9.36 Å². The number of para-hydroxylation sites is 2. The molecular formula is C21H18N4O2. The molecule has 134 valence electrons. The van der Waals surface area contributed by atoms with E-state index in [2.05, 4.69) is 15.3 Å². The molecule has 1 N–H and O–H groups in total.